The normalized spacial score (nSPS) is 13.3. The SMILES string of the molecule is CCCCCC/C=C\CCCCCCCC(=O)OC(COC(=O)CCCCCCCCCCCCCCCCCCCCCCCCCCCCCCCCCC)COP(=O)([O-])OCC[N+](C)(C)C. The Morgan fingerprint density at radius 3 is 1.09 bits per heavy atom. The molecule has 0 rings (SSSR count). The minimum absolute atomic E-state index is 0.0290. The van der Waals surface area contributed by atoms with Gasteiger partial charge < -0.3 is 27.9 Å². The summed E-state index contributed by atoms with van der Waals surface area (Å²) in [6.07, 6.45) is 60.0. The molecule has 9 nitrogen and oxygen atoms in total. The molecule has 0 aromatic carbocycles. The first kappa shape index (κ1) is 67.8. The van der Waals surface area contributed by atoms with Gasteiger partial charge in [0.15, 0.2) is 6.10 Å². The molecule has 0 aliphatic carbocycles. The number of ether oxygens (including phenoxy) is 2. The summed E-state index contributed by atoms with van der Waals surface area (Å²) in [5, 5.41) is 0. The Morgan fingerprint density at radius 2 is 0.739 bits per heavy atom. The first-order valence-corrected chi connectivity index (χ1v) is 31.4. The highest BCUT2D eigenvalue weighted by Gasteiger charge is 2.22. The van der Waals surface area contributed by atoms with Crippen molar-refractivity contribution >= 4 is 19.8 Å². The predicted molar refractivity (Wildman–Crippen MR) is 292 cm³/mol. The first-order chi connectivity index (χ1) is 33.5. The molecule has 0 fully saturated rings. The van der Waals surface area contributed by atoms with E-state index in [9.17, 15) is 19.0 Å². The molecule has 2 unspecified atom stereocenters. The highest BCUT2D eigenvalue weighted by molar-refractivity contribution is 7.45. The quantitative estimate of drug-likeness (QED) is 0.0195. The van der Waals surface area contributed by atoms with Gasteiger partial charge in [0.1, 0.15) is 19.8 Å². The van der Waals surface area contributed by atoms with E-state index in [2.05, 4.69) is 26.0 Å². The van der Waals surface area contributed by atoms with E-state index in [4.69, 9.17) is 18.5 Å². The van der Waals surface area contributed by atoms with Crippen LogP contribution in [-0.2, 0) is 32.7 Å². The molecule has 0 aliphatic heterocycles. The van der Waals surface area contributed by atoms with Crippen molar-refractivity contribution in [1.29, 1.82) is 0 Å². The van der Waals surface area contributed by atoms with Crippen LogP contribution in [0.2, 0.25) is 0 Å². The van der Waals surface area contributed by atoms with Crippen molar-refractivity contribution in [3.63, 3.8) is 0 Å². The first-order valence-electron chi connectivity index (χ1n) is 29.9. The van der Waals surface area contributed by atoms with Gasteiger partial charge >= 0.3 is 11.9 Å². The van der Waals surface area contributed by atoms with Gasteiger partial charge in [0.2, 0.25) is 0 Å². The number of nitrogens with zero attached hydrogens (tertiary/aromatic N) is 1. The summed E-state index contributed by atoms with van der Waals surface area (Å²) in [6.45, 7) is 4.26. The maximum absolute atomic E-state index is 12.7. The number of allylic oxidation sites excluding steroid dienone is 2. The maximum Gasteiger partial charge on any atom is 0.306 e. The molecule has 0 aromatic rings. The van der Waals surface area contributed by atoms with Gasteiger partial charge in [-0.3, -0.25) is 14.2 Å². The lowest BCUT2D eigenvalue weighted by Gasteiger charge is -2.28. The average molecular weight is 999 g/mol. The number of likely N-dealkylation sites (N-methyl/N-ethyl adjacent to an activating group) is 1. The molecule has 0 heterocycles. The van der Waals surface area contributed by atoms with Crippen molar-refractivity contribution in [2.45, 2.75) is 309 Å². The van der Waals surface area contributed by atoms with Gasteiger partial charge in [-0.05, 0) is 38.5 Å². The van der Waals surface area contributed by atoms with Crippen molar-refractivity contribution in [2.24, 2.45) is 0 Å². The second kappa shape index (κ2) is 51.6. The van der Waals surface area contributed by atoms with E-state index in [1.54, 1.807) is 0 Å². The molecule has 0 aromatic heterocycles. The van der Waals surface area contributed by atoms with Gasteiger partial charge in [0.25, 0.3) is 7.82 Å². The molecular formula is C59H116NO8P. The number of unbranched alkanes of at least 4 members (excludes halogenated alkanes) is 40. The molecule has 0 N–H and O–H groups in total. The standard InChI is InChI=1S/C59H116NO8P/c1-6-8-10-12-14-16-18-20-21-22-23-24-25-26-27-28-29-30-31-32-33-34-35-36-37-38-40-41-43-45-47-49-51-58(61)65-55-57(56-67-69(63,64)66-54-53-60(3,4)5)68-59(62)52-50-48-46-44-42-39-19-17-15-13-11-9-7-2/h17,19,57H,6-16,18,20-56H2,1-5H3/b19-17-. The highest BCUT2D eigenvalue weighted by atomic mass is 31.2. The van der Waals surface area contributed by atoms with Crippen molar-refractivity contribution < 1.29 is 42.1 Å². The van der Waals surface area contributed by atoms with Gasteiger partial charge in [-0.2, -0.15) is 0 Å². The van der Waals surface area contributed by atoms with Gasteiger partial charge in [-0.1, -0.05) is 264 Å². The third kappa shape index (κ3) is 55.9. The largest absolute Gasteiger partial charge is 0.756 e. The summed E-state index contributed by atoms with van der Waals surface area (Å²) in [5.74, 6) is -0.828. The number of rotatable bonds is 56. The van der Waals surface area contributed by atoms with E-state index in [1.165, 1.54) is 218 Å². The fraction of sp³-hybridized carbons (Fsp3) is 0.932. The monoisotopic (exact) mass is 998 g/mol. The zero-order valence-corrected chi connectivity index (χ0v) is 47.4. The van der Waals surface area contributed by atoms with Crippen LogP contribution < -0.4 is 4.89 Å². The van der Waals surface area contributed by atoms with Gasteiger partial charge in [-0.15, -0.1) is 0 Å². The molecule has 0 saturated carbocycles. The topological polar surface area (TPSA) is 111 Å². The molecule has 410 valence electrons. The third-order valence-corrected chi connectivity index (χ3v) is 14.5. The number of phosphoric ester groups is 1. The maximum atomic E-state index is 12.7. The van der Waals surface area contributed by atoms with E-state index >= 15 is 0 Å². The van der Waals surface area contributed by atoms with Crippen LogP contribution in [0.25, 0.3) is 0 Å². The summed E-state index contributed by atoms with van der Waals surface area (Å²) in [6, 6.07) is 0. The van der Waals surface area contributed by atoms with Crippen LogP contribution in [0.5, 0.6) is 0 Å². The molecule has 10 heteroatoms. The minimum atomic E-state index is -4.63. The van der Waals surface area contributed by atoms with Crippen LogP contribution in [-0.4, -0.2) is 70.0 Å². The van der Waals surface area contributed by atoms with E-state index in [0.29, 0.717) is 17.4 Å². The molecule has 0 bridgehead atoms. The molecule has 0 saturated heterocycles. The Morgan fingerprint density at radius 1 is 0.435 bits per heavy atom. The highest BCUT2D eigenvalue weighted by Crippen LogP contribution is 2.38. The van der Waals surface area contributed by atoms with E-state index in [0.717, 1.165) is 51.4 Å². The van der Waals surface area contributed by atoms with Crippen molar-refractivity contribution in [2.75, 3.05) is 47.5 Å². The smallest absolute Gasteiger partial charge is 0.306 e. The average Bonchev–Trinajstić information content (AvgIpc) is 3.31. The predicted octanol–water partition coefficient (Wildman–Crippen LogP) is 17.8. The Kier molecular flexibility index (Phi) is 50.7. The zero-order chi connectivity index (χ0) is 50.6. The Bertz CT molecular complexity index is 1180. The second-order valence-electron chi connectivity index (χ2n) is 21.7. The summed E-state index contributed by atoms with van der Waals surface area (Å²) in [4.78, 5) is 37.7. The number of carbonyl (C=O) groups excluding carboxylic acids is 2. The Hall–Kier alpha value is -1.25. The lowest BCUT2D eigenvalue weighted by molar-refractivity contribution is -0.870. The minimum Gasteiger partial charge on any atom is -0.756 e. The number of hydrogen-bond acceptors (Lipinski definition) is 8. The van der Waals surface area contributed by atoms with Crippen LogP contribution in [0.4, 0.5) is 0 Å². The summed E-state index contributed by atoms with van der Waals surface area (Å²) in [5.41, 5.74) is 0. The second-order valence-corrected chi connectivity index (χ2v) is 23.1. The summed E-state index contributed by atoms with van der Waals surface area (Å²) in [7, 11) is 1.18. The van der Waals surface area contributed by atoms with Crippen molar-refractivity contribution in [1.82, 2.24) is 0 Å². The van der Waals surface area contributed by atoms with Gasteiger partial charge in [-0.25, -0.2) is 0 Å². The molecule has 0 radical (unpaired) electrons. The third-order valence-electron chi connectivity index (χ3n) is 13.5. The molecule has 0 spiro atoms. The molecule has 69 heavy (non-hydrogen) atoms. The van der Waals surface area contributed by atoms with Crippen LogP contribution in [0.15, 0.2) is 12.2 Å². The zero-order valence-electron chi connectivity index (χ0n) is 46.5. The Labute approximate surface area is 428 Å². The number of hydrogen-bond donors (Lipinski definition) is 0. The van der Waals surface area contributed by atoms with Crippen LogP contribution in [0.3, 0.4) is 0 Å². The van der Waals surface area contributed by atoms with Crippen LogP contribution in [0.1, 0.15) is 303 Å². The van der Waals surface area contributed by atoms with Gasteiger partial charge in [0.05, 0.1) is 27.7 Å². The van der Waals surface area contributed by atoms with E-state index in [1.807, 2.05) is 21.1 Å². The number of carbonyl (C=O) groups is 2. The molecular weight excluding hydrogens is 882 g/mol. The lowest BCUT2D eigenvalue weighted by atomic mass is 10.0. The van der Waals surface area contributed by atoms with Crippen molar-refractivity contribution in [3.05, 3.63) is 12.2 Å². The molecule has 2 atom stereocenters. The van der Waals surface area contributed by atoms with Gasteiger partial charge in [0, 0.05) is 12.8 Å². The number of quaternary nitrogens is 1. The van der Waals surface area contributed by atoms with Crippen LogP contribution in [0, 0.1) is 0 Å². The fourth-order valence-electron chi connectivity index (χ4n) is 8.89. The fourth-order valence-corrected chi connectivity index (χ4v) is 9.62. The van der Waals surface area contributed by atoms with Crippen molar-refractivity contribution in [3.8, 4) is 0 Å². The number of esters is 2. The Balaban J connectivity index is 3.93. The lowest BCUT2D eigenvalue weighted by Crippen LogP contribution is -2.37. The summed E-state index contributed by atoms with van der Waals surface area (Å²) < 4.78 is 34.1. The number of phosphoric acid groups is 1. The van der Waals surface area contributed by atoms with E-state index < -0.39 is 26.5 Å². The summed E-state index contributed by atoms with van der Waals surface area (Å²) >= 11 is 0. The van der Waals surface area contributed by atoms with E-state index in [-0.39, 0.29) is 32.0 Å². The van der Waals surface area contributed by atoms with Crippen LogP contribution >= 0.6 is 7.82 Å². The molecule has 0 amide bonds. The molecule has 0 aliphatic rings.